The molecule has 1 aromatic heterocycles. The van der Waals surface area contributed by atoms with Crippen LogP contribution in [0.2, 0.25) is 0 Å². The maximum absolute atomic E-state index is 4.38. The Morgan fingerprint density at radius 3 is 1.68 bits per heavy atom. The minimum atomic E-state index is 0.780. The van der Waals surface area contributed by atoms with Gasteiger partial charge in [0, 0.05) is 32.2 Å². The number of hydrogen-bond acceptors (Lipinski definition) is 6. The Balaban J connectivity index is 2.51. The van der Waals surface area contributed by atoms with E-state index in [1.165, 1.54) is 0 Å². The highest BCUT2D eigenvalue weighted by Gasteiger charge is 2.01. The highest BCUT2D eigenvalue weighted by Crippen LogP contribution is 2.10. The third kappa shape index (κ3) is 6.93. The maximum Gasteiger partial charge on any atom is 0.131 e. The zero-order valence-electron chi connectivity index (χ0n) is 12.7. The van der Waals surface area contributed by atoms with Crippen molar-refractivity contribution in [1.29, 1.82) is 0 Å². The Hall–Kier alpha value is -1.40. The summed E-state index contributed by atoms with van der Waals surface area (Å²) in [7, 11) is 8.23. The van der Waals surface area contributed by atoms with Crippen LogP contribution in [0.4, 0.5) is 11.6 Å². The summed E-state index contributed by atoms with van der Waals surface area (Å²) in [6.07, 6.45) is 0. The molecule has 1 aromatic rings. The van der Waals surface area contributed by atoms with Crippen molar-refractivity contribution in [1.82, 2.24) is 19.8 Å². The van der Waals surface area contributed by atoms with E-state index in [9.17, 15) is 0 Å². The molecule has 6 heteroatoms. The number of aromatic nitrogens is 2. The molecule has 1 heterocycles. The SMILES string of the molecule is Cc1nc(NCCN(C)C)cc(NCCN(C)C)n1. The molecule has 0 saturated carbocycles. The van der Waals surface area contributed by atoms with Crippen LogP contribution in [0.15, 0.2) is 6.07 Å². The fourth-order valence-corrected chi connectivity index (χ4v) is 1.56. The molecule has 0 amide bonds. The molecule has 0 fully saturated rings. The minimum Gasteiger partial charge on any atom is -0.369 e. The van der Waals surface area contributed by atoms with Crippen LogP contribution >= 0.6 is 0 Å². The molecule has 0 aliphatic carbocycles. The van der Waals surface area contributed by atoms with Gasteiger partial charge in [-0.3, -0.25) is 0 Å². The summed E-state index contributed by atoms with van der Waals surface area (Å²) in [6, 6.07) is 1.96. The summed E-state index contributed by atoms with van der Waals surface area (Å²) in [5, 5.41) is 6.63. The highest BCUT2D eigenvalue weighted by atomic mass is 15.1. The molecule has 0 atom stereocenters. The van der Waals surface area contributed by atoms with Crippen molar-refractivity contribution in [2.24, 2.45) is 0 Å². The van der Waals surface area contributed by atoms with E-state index in [4.69, 9.17) is 0 Å². The first-order valence-corrected chi connectivity index (χ1v) is 6.60. The van der Waals surface area contributed by atoms with Gasteiger partial charge in [0.15, 0.2) is 0 Å². The molecule has 1 rings (SSSR count). The van der Waals surface area contributed by atoms with Crippen molar-refractivity contribution in [3.8, 4) is 0 Å². The molecule has 0 bridgehead atoms. The molecular formula is C13H26N6. The number of anilines is 2. The van der Waals surface area contributed by atoms with Crippen LogP contribution in [0, 0.1) is 6.92 Å². The molecule has 108 valence electrons. The van der Waals surface area contributed by atoms with Crippen LogP contribution < -0.4 is 10.6 Å². The number of rotatable bonds is 8. The third-order valence-corrected chi connectivity index (χ3v) is 2.57. The van der Waals surface area contributed by atoms with E-state index in [2.05, 4.69) is 58.6 Å². The van der Waals surface area contributed by atoms with Crippen LogP contribution in [0.3, 0.4) is 0 Å². The smallest absolute Gasteiger partial charge is 0.131 e. The summed E-state index contributed by atoms with van der Waals surface area (Å²) in [4.78, 5) is 13.0. The normalized spacial score (nSPS) is 11.1. The number of hydrogen-bond donors (Lipinski definition) is 2. The van der Waals surface area contributed by atoms with Gasteiger partial charge >= 0.3 is 0 Å². The van der Waals surface area contributed by atoms with Gasteiger partial charge in [0.1, 0.15) is 17.5 Å². The van der Waals surface area contributed by atoms with Gasteiger partial charge in [-0.25, -0.2) is 9.97 Å². The van der Waals surface area contributed by atoms with Crippen molar-refractivity contribution < 1.29 is 0 Å². The lowest BCUT2D eigenvalue weighted by atomic mass is 10.4. The molecule has 0 aliphatic heterocycles. The summed E-state index contributed by atoms with van der Waals surface area (Å²) in [5.41, 5.74) is 0. The standard InChI is InChI=1S/C13H26N6/c1-11-16-12(14-6-8-18(2)3)10-13(17-11)15-7-9-19(4)5/h10H,6-9H2,1-5H3,(H2,14,15,16,17). The molecule has 0 saturated heterocycles. The van der Waals surface area contributed by atoms with E-state index in [0.717, 1.165) is 43.6 Å². The lowest BCUT2D eigenvalue weighted by Crippen LogP contribution is -2.22. The fourth-order valence-electron chi connectivity index (χ4n) is 1.56. The molecule has 0 radical (unpaired) electrons. The lowest BCUT2D eigenvalue weighted by Gasteiger charge is -2.13. The van der Waals surface area contributed by atoms with Crippen LogP contribution in [0.5, 0.6) is 0 Å². The fraction of sp³-hybridized carbons (Fsp3) is 0.692. The van der Waals surface area contributed by atoms with Crippen LogP contribution in [-0.4, -0.2) is 74.1 Å². The van der Waals surface area contributed by atoms with Gasteiger partial charge in [-0.15, -0.1) is 0 Å². The van der Waals surface area contributed by atoms with Crippen molar-refractivity contribution in [3.05, 3.63) is 11.9 Å². The second kappa shape index (κ2) is 7.91. The van der Waals surface area contributed by atoms with Gasteiger partial charge in [-0.1, -0.05) is 0 Å². The second-order valence-electron chi connectivity index (χ2n) is 5.15. The first-order valence-electron chi connectivity index (χ1n) is 6.60. The monoisotopic (exact) mass is 266 g/mol. The Bertz CT molecular complexity index is 345. The van der Waals surface area contributed by atoms with E-state index in [-0.39, 0.29) is 0 Å². The molecule has 0 aromatic carbocycles. The Morgan fingerprint density at radius 1 is 0.895 bits per heavy atom. The number of nitrogens with zero attached hydrogens (tertiary/aromatic N) is 4. The van der Waals surface area contributed by atoms with Gasteiger partial charge in [0.05, 0.1) is 0 Å². The van der Waals surface area contributed by atoms with Gasteiger partial charge in [-0.05, 0) is 35.1 Å². The van der Waals surface area contributed by atoms with E-state index in [0.29, 0.717) is 0 Å². The first kappa shape index (κ1) is 15.7. The first-order chi connectivity index (χ1) is 8.97. The summed E-state index contributed by atoms with van der Waals surface area (Å²) in [6.45, 7) is 5.62. The van der Waals surface area contributed by atoms with Gasteiger partial charge in [0.25, 0.3) is 0 Å². The molecule has 6 nitrogen and oxygen atoms in total. The third-order valence-electron chi connectivity index (χ3n) is 2.57. The highest BCUT2D eigenvalue weighted by molar-refractivity contribution is 5.47. The molecule has 0 unspecified atom stereocenters. The molecule has 0 aliphatic rings. The van der Waals surface area contributed by atoms with Crippen molar-refractivity contribution in [2.45, 2.75) is 6.92 Å². The summed E-state index contributed by atoms with van der Waals surface area (Å²) in [5.74, 6) is 2.53. The zero-order valence-corrected chi connectivity index (χ0v) is 12.7. The lowest BCUT2D eigenvalue weighted by molar-refractivity contribution is 0.425. The predicted molar refractivity (Wildman–Crippen MR) is 80.9 cm³/mol. The average molecular weight is 266 g/mol. The van der Waals surface area contributed by atoms with Gasteiger partial charge in [-0.2, -0.15) is 0 Å². The summed E-state index contributed by atoms with van der Waals surface area (Å²) >= 11 is 0. The average Bonchev–Trinajstić information content (AvgIpc) is 2.27. The van der Waals surface area contributed by atoms with Crippen LogP contribution in [0.25, 0.3) is 0 Å². The zero-order chi connectivity index (χ0) is 14.3. The number of likely N-dealkylation sites (N-methyl/N-ethyl adjacent to an activating group) is 2. The Kier molecular flexibility index (Phi) is 6.52. The van der Waals surface area contributed by atoms with Crippen molar-refractivity contribution in [3.63, 3.8) is 0 Å². The molecule has 0 spiro atoms. The van der Waals surface area contributed by atoms with Crippen molar-refractivity contribution >= 4 is 11.6 Å². The Labute approximate surface area is 116 Å². The molecule has 2 N–H and O–H groups in total. The summed E-state index contributed by atoms with van der Waals surface area (Å²) < 4.78 is 0. The maximum atomic E-state index is 4.38. The second-order valence-corrected chi connectivity index (χ2v) is 5.15. The number of nitrogens with one attached hydrogen (secondary N) is 2. The van der Waals surface area contributed by atoms with Gasteiger partial charge < -0.3 is 20.4 Å². The minimum absolute atomic E-state index is 0.780. The van der Waals surface area contributed by atoms with E-state index >= 15 is 0 Å². The Morgan fingerprint density at radius 2 is 1.32 bits per heavy atom. The van der Waals surface area contributed by atoms with E-state index in [1.54, 1.807) is 0 Å². The largest absolute Gasteiger partial charge is 0.369 e. The molecule has 19 heavy (non-hydrogen) atoms. The quantitative estimate of drug-likeness (QED) is 0.723. The van der Waals surface area contributed by atoms with Crippen LogP contribution in [-0.2, 0) is 0 Å². The van der Waals surface area contributed by atoms with Crippen LogP contribution in [0.1, 0.15) is 5.82 Å². The van der Waals surface area contributed by atoms with E-state index < -0.39 is 0 Å². The van der Waals surface area contributed by atoms with E-state index in [1.807, 2.05) is 13.0 Å². The van der Waals surface area contributed by atoms with Crippen molar-refractivity contribution in [2.75, 3.05) is 65.0 Å². The molecular weight excluding hydrogens is 240 g/mol. The predicted octanol–water partition coefficient (Wildman–Crippen LogP) is 0.732. The van der Waals surface area contributed by atoms with Gasteiger partial charge in [0.2, 0.25) is 0 Å². The number of aryl methyl sites for hydroxylation is 1. The topological polar surface area (TPSA) is 56.3 Å².